The Kier molecular flexibility index (Phi) is 17.0. The zero-order chi connectivity index (χ0) is 14.9. The fraction of sp³-hybridized carbons (Fsp3) is 1.00. The summed E-state index contributed by atoms with van der Waals surface area (Å²) in [6, 6.07) is 0. The second-order valence-electron chi connectivity index (χ2n) is 5.58. The molecule has 0 bridgehead atoms. The topological polar surface area (TPSA) is 38.7 Å². The monoisotopic (exact) mass is 286 g/mol. The van der Waals surface area contributed by atoms with Gasteiger partial charge in [-0.1, -0.05) is 78.1 Å². The van der Waals surface area contributed by atoms with Gasteiger partial charge in [0.15, 0.2) is 0 Å². The van der Waals surface area contributed by atoms with Crippen LogP contribution in [-0.4, -0.2) is 25.6 Å². The van der Waals surface area contributed by atoms with Gasteiger partial charge in [-0.25, -0.2) is 0 Å². The number of hydrogen-bond donors (Lipinski definition) is 1. The molecule has 0 aromatic carbocycles. The molecule has 0 aliphatic carbocycles. The van der Waals surface area contributed by atoms with Crippen molar-refractivity contribution in [2.45, 2.75) is 90.9 Å². The van der Waals surface area contributed by atoms with Crippen LogP contribution in [0.2, 0.25) is 0 Å². The van der Waals surface area contributed by atoms with Gasteiger partial charge < -0.3 is 14.3 Å². The lowest BCUT2D eigenvalue weighted by molar-refractivity contribution is 0.128. The molecule has 1 N–H and O–H groups in total. The normalized spacial score (nSPS) is 10.9. The van der Waals surface area contributed by atoms with E-state index in [0.29, 0.717) is 13.2 Å². The molecule has 0 rings (SSSR count). The van der Waals surface area contributed by atoms with Crippen LogP contribution in [0.1, 0.15) is 90.9 Å². The highest BCUT2D eigenvalue weighted by atomic mass is 16.7. The van der Waals surface area contributed by atoms with Gasteiger partial charge in [0.05, 0.1) is 0 Å². The van der Waals surface area contributed by atoms with E-state index in [1.54, 1.807) is 0 Å². The molecular weight excluding hydrogens is 251 g/mol. The van der Waals surface area contributed by atoms with E-state index in [0.717, 1.165) is 12.8 Å². The summed E-state index contributed by atoms with van der Waals surface area (Å²) in [5.41, 5.74) is 0. The van der Waals surface area contributed by atoms with Crippen molar-refractivity contribution in [3.8, 4) is 0 Å². The molecule has 20 heavy (non-hydrogen) atoms. The maximum Gasteiger partial charge on any atom is 0.636 e. The van der Waals surface area contributed by atoms with E-state index in [4.69, 9.17) is 9.31 Å². The number of unbranched alkanes of at least 4 members (excludes halogenated alkanes) is 10. The summed E-state index contributed by atoms with van der Waals surface area (Å²) in [6.45, 7) is 5.65. The highest BCUT2D eigenvalue weighted by molar-refractivity contribution is 6.34. The maximum absolute atomic E-state index is 9.49. The fourth-order valence-electron chi connectivity index (χ4n) is 2.18. The van der Waals surface area contributed by atoms with Crippen molar-refractivity contribution in [3.05, 3.63) is 0 Å². The zero-order valence-electron chi connectivity index (χ0n) is 13.7. The molecule has 0 radical (unpaired) electrons. The third kappa shape index (κ3) is 16.0. The molecule has 4 heteroatoms. The minimum atomic E-state index is -1.03. The first-order valence-corrected chi connectivity index (χ1v) is 8.72. The van der Waals surface area contributed by atoms with Gasteiger partial charge in [0.1, 0.15) is 0 Å². The molecule has 0 fully saturated rings. The van der Waals surface area contributed by atoms with Gasteiger partial charge in [-0.3, -0.25) is 0 Å². The number of hydrogen-bond acceptors (Lipinski definition) is 3. The predicted octanol–water partition coefficient (Wildman–Crippen LogP) is 4.72. The second-order valence-corrected chi connectivity index (χ2v) is 5.58. The largest absolute Gasteiger partial charge is 0.636 e. The average molecular weight is 286 g/mol. The van der Waals surface area contributed by atoms with E-state index < -0.39 is 7.32 Å². The summed E-state index contributed by atoms with van der Waals surface area (Å²) in [4.78, 5) is 0. The standard InChI is InChI=1S/C16H35BO3/c1-3-5-7-9-11-13-15-19-17(18)20-16-14-12-10-8-6-4-2/h18H,3-16H2,1-2H3. The Morgan fingerprint density at radius 2 is 0.950 bits per heavy atom. The highest BCUT2D eigenvalue weighted by Gasteiger charge is 2.14. The van der Waals surface area contributed by atoms with E-state index in [2.05, 4.69) is 13.8 Å². The number of rotatable bonds is 16. The van der Waals surface area contributed by atoms with E-state index in [9.17, 15) is 5.02 Å². The van der Waals surface area contributed by atoms with Crippen LogP contribution < -0.4 is 0 Å². The van der Waals surface area contributed by atoms with E-state index in [1.807, 2.05) is 0 Å². The summed E-state index contributed by atoms with van der Waals surface area (Å²) in [7, 11) is -1.03. The first kappa shape index (κ1) is 19.9. The van der Waals surface area contributed by atoms with Crippen LogP contribution in [-0.2, 0) is 9.31 Å². The Hall–Kier alpha value is -0.0551. The maximum atomic E-state index is 9.49. The fourth-order valence-corrected chi connectivity index (χ4v) is 2.18. The molecule has 0 amide bonds. The molecule has 0 aromatic heterocycles. The molecule has 0 saturated carbocycles. The molecule has 0 atom stereocenters. The van der Waals surface area contributed by atoms with Gasteiger partial charge in [0, 0.05) is 13.2 Å². The Morgan fingerprint density at radius 3 is 1.35 bits per heavy atom. The van der Waals surface area contributed by atoms with E-state index >= 15 is 0 Å². The van der Waals surface area contributed by atoms with Crippen molar-refractivity contribution in [1.29, 1.82) is 0 Å². The molecule has 0 saturated heterocycles. The Labute approximate surface area is 126 Å². The van der Waals surface area contributed by atoms with Crippen LogP contribution in [0.25, 0.3) is 0 Å². The van der Waals surface area contributed by atoms with Crippen molar-refractivity contribution in [1.82, 2.24) is 0 Å². The van der Waals surface area contributed by atoms with Crippen LogP contribution in [0, 0.1) is 0 Å². The lowest BCUT2D eigenvalue weighted by Crippen LogP contribution is -2.23. The Balaban J connectivity index is 3.11. The van der Waals surface area contributed by atoms with Crippen molar-refractivity contribution >= 4 is 7.32 Å². The minimum Gasteiger partial charge on any atom is -0.402 e. The lowest BCUT2D eigenvalue weighted by Gasteiger charge is -2.08. The molecule has 0 aliphatic rings. The van der Waals surface area contributed by atoms with Gasteiger partial charge in [-0.15, -0.1) is 0 Å². The Bertz CT molecular complexity index is 161. The zero-order valence-corrected chi connectivity index (χ0v) is 13.7. The van der Waals surface area contributed by atoms with Gasteiger partial charge in [0.25, 0.3) is 0 Å². The van der Waals surface area contributed by atoms with Crippen molar-refractivity contribution in [2.75, 3.05) is 13.2 Å². The molecule has 0 aliphatic heterocycles. The summed E-state index contributed by atoms with van der Waals surface area (Å²) in [5, 5.41) is 9.49. The summed E-state index contributed by atoms with van der Waals surface area (Å²) >= 11 is 0. The van der Waals surface area contributed by atoms with Crippen LogP contribution >= 0.6 is 0 Å². The van der Waals surface area contributed by atoms with Gasteiger partial charge in [-0.05, 0) is 12.8 Å². The van der Waals surface area contributed by atoms with Crippen LogP contribution in [0.5, 0.6) is 0 Å². The molecule has 0 unspecified atom stereocenters. The molecule has 0 spiro atoms. The second kappa shape index (κ2) is 17.0. The van der Waals surface area contributed by atoms with Gasteiger partial charge in [0.2, 0.25) is 0 Å². The molecular formula is C16H35BO3. The predicted molar refractivity (Wildman–Crippen MR) is 86.6 cm³/mol. The quantitative estimate of drug-likeness (QED) is 0.329. The molecule has 0 aromatic rings. The summed E-state index contributed by atoms with van der Waals surface area (Å²) in [6.07, 6.45) is 14.8. The molecule has 0 heterocycles. The van der Waals surface area contributed by atoms with Gasteiger partial charge >= 0.3 is 7.32 Å². The van der Waals surface area contributed by atoms with Crippen molar-refractivity contribution in [3.63, 3.8) is 0 Å². The first-order chi connectivity index (χ1) is 9.81. The summed E-state index contributed by atoms with van der Waals surface area (Å²) < 4.78 is 10.5. The first-order valence-electron chi connectivity index (χ1n) is 8.72. The van der Waals surface area contributed by atoms with E-state index in [1.165, 1.54) is 64.2 Å². The minimum absolute atomic E-state index is 0.601. The van der Waals surface area contributed by atoms with Crippen LogP contribution in [0.15, 0.2) is 0 Å². The third-order valence-electron chi connectivity index (χ3n) is 3.52. The SMILES string of the molecule is CCCCCCCCOB(O)OCCCCCCCC. The van der Waals surface area contributed by atoms with Gasteiger partial charge in [-0.2, -0.15) is 0 Å². The van der Waals surface area contributed by atoms with Crippen LogP contribution in [0.3, 0.4) is 0 Å². The average Bonchev–Trinajstić information content (AvgIpc) is 2.45. The third-order valence-corrected chi connectivity index (χ3v) is 3.52. The molecule has 3 nitrogen and oxygen atoms in total. The molecule has 120 valence electrons. The van der Waals surface area contributed by atoms with Crippen LogP contribution in [0.4, 0.5) is 0 Å². The highest BCUT2D eigenvalue weighted by Crippen LogP contribution is 2.06. The van der Waals surface area contributed by atoms with Crippen molar-refractivity contribution in [2.24, 2.45) is 0 Å². The van der Waals surface area contributed by atoms with E-state index in [-0.39, 0.29) is 0 Å². The smallest absolute Gasteiger partial charge is 0.402 e. The van der Waals surface area contributed by atoms with Crippen molar-refractivity contribution < 1.29 is 14.3 Å². The lowest BCUT2D eigenvalue weighted by atomic mass is 10.1. The Morgan fingerprint density at radius 1 is 0.600 bits per heavy atom. The summed E-state index contributed by atoms with van der Waals surface area (Å²) in [5.74, 6) is 0.